The van der Waals surface area contributed by atoms with E-state index in [1.54, 1.807) is 19.1 Å². The van der Waals surface area contributed by atoms with Crippen LogP contribution in [0, 0.1) is 10.1 Å². The highest BCUT2D eigenvalue weighted by Gasteiger charge is 2.06. The highest BCUT2D eigenvalue weighted by atomic mass is 35.5. The lowest BCUT2D eigenvalue weighted by molar-refractivity contribution is -0.384. The molecule has 0 bridgehead atoms. The number of carbonyl (C=O) groups is 1. The van der Waals surface area contributed by atoms with Crippen LogP contribution in [-0.2, 0) is 11.2 Å². The highest BCUT2D eigenvalue weighted by Crippen LogP contribution is 2.11. The Morgan fingerprint density at radius 2 is 2.00 bits per heavy atom. The fraction of sp³-hybridized carbons (Fsp3) is 0.364. The van der Waals surface area contributed by atoms with Crippen molar-refractivity contribution in [2.75, 3.05) is 6.54 Å². The standard InChI is InChI=1S/C11H15N3O3.ClH/c1-8(12)11(15)13-7-6-9-2-4-10(5-3-9)14(16)17;/h2-5,8H,6-7,12H2,1H3,(H,13,15);1H/t8-;/m1./s1. The minimum atomic E-state index is -0.521. The molecule has 0 heterocycles. The van der Waals surface area contributed by atoms with Gasteiger partial charge in [0.25, 0.3) is 5.69 Å². The van der Waals surface area contributed by atoms with Crippen LogP contribution in [0.25, 0.3) is 0 Å². The van der Waals surface area contributed by atoms with Gasteiger partial charge < -0.3 is 11.1 Å². The quantitative estimate of drug-likeness (QED) is 0.618. The molecule has 18 heavy (non-hydrogen) atoms. The van der Waals surface area contributed by atoms with Crippen molar-refractivity contribution in [3.63, 3.8) is 0 Å². The summed E-state index contributed by atoms with van der Waals surface area (Å²) in [4.78, 5) is 21.1. The molecule has 0 aromatic heterocycles. The molecule has 1 aromatic rings. The van der Waals surface area contributed by atoms with Gasteiger partial charge in [-0.05, 0) is 18.9 Å². The van der Waals surface area contributed by atoms with Crippen molar-refractivity contribution < 1.29 is 9.72 Å². The highest BCUT2D eigenvalue weighted by molar-refractivity contribution is 5.85. The van der Waals surface area contributed by atoms with Gasteiger partial charge in [0.1, 0.15) is 0 Å². The molecule has 0 spiro atoms. The first-order valence-electron chi connectivity index (χ1n) is 5.27. The summed E-state index contributed by atoms with van der Waals surface area (Å²) in [5, 5.41) is 13.1. The van der Waals surface area contributed by atoms with E-state index >= 15 is 0 Å². The van der Waals surface area contributed by atoms with E-state index in [9.17, 15) is 14.9 Å². The maximum Gasteiger partial charge on any atom is 0.269 e. The topological polar surface area (TPSA) is 98.3 Å². The summed E-state index contributed by atoms with van der Waals surface area (Å²) in [6.45, 7) is 2.08. The van der Waals surface area contributed by atoms with Crippen LogP contribution in [0.1, 0.15) is 12.5 Å². The van der Waals surface area contributed by atoms with Crippen LogP contribution in [0.5, 0.6) is 0 Å². The van der Waals surface area contributed by atoms with E-state index in [2.05, 4.69) is 5.32 Å². The third-order valence-electron chi connectivity index (χ3n) is 2.27. The molecule has 1 amide bonds. The zero-order chi connectivity index (χ0) is 12.8. The van der Waals surface area contributed by atoms with Crippen LogP contribution in [0.2, 0.25) is 0 Å². The molecule has 7 heteroatoms. The van der Waals surface area contributed by atoms with Crippen molar-refractivity contribution in [2.24, 2.45) is 5.73 Å². The number of nitrogens with two attached hydrogens (primary N) is 1. The summed E-state index contributed by atoms with van der Waals surface area (Å²) >= 11 is 0. The molecular weight excluding hydrogens is 258 g/mol. The Labute approximate surface area is 111 Å². The minimum absolute atomic E-state index is 0. The lowest BCUT2D eigenvalue weighted by Gasteiger charge is -2.07. The van der Waals surface area contributed by atoms with Gasteiger partial charge in [-0.3, -0.25) is 14.9 Å². The Bertz CT molecular complexity index is 406. The van der Waals surface area contributed by atoms with Crippen molar-refractivity contribution in [3.05, 3.63) is 39.9 Å². The molecule has 0 saturated heterocycles. The monoisotopic (exact) mass is 273 g/mol. The second-order valence-electron chi connectivity index (χ2n) is 3.75. The van der Waals surface area contributed by atoms with Gasteiger partial charge in [0.15, 0.2) is 0 Å². The number of hydrogen-bond donors (Lipinski definition) is 2. The molecule has 0 unspecified atom stereocenters. The van der Waals surface area contributed by atoms with Crippen molar-refractivity contribution in [3.8, 4) is 0 Å². The average molecular weight is 274 g/mol. The molecule has 0 fully saturated rings. The third kappa shape index (κ3) is 5.11. The maximum atomic E-state index is 11.2. The number of rotatable bonds is 5. The van der Waals surface area contributed by atoms with E-state index in [-0.39, 0.29) is 24.0 Å². The smallest absolute Gasteiger partial charge is 0.269 e. The molecule has 100 valence electrons. The Hall–Kier alpha value is -1.66. The van der Waals surface area contributed by atoms with Crippen LogP contribution in [-0.4, -0.2) is 23.4 Å². The van der Waals surface area contributed by atoms with E-state index < -0.39 is 11.0 Å². The summed E-state index contributed by atoms with van der Waals surface area (Å²) < 4.78 is 0. The van der Waals surface area contributed by atoms with Crippen LogP contribution in [0.15, 0.2) is 24.3 Å². The van der Waals surface area contributed by atoms with E-state index in [0.29, 0.717) is 13.0 Å². The SMILES string of the molecule is C[C@@H](N)C(=O)NCCc1ccc([N+](=O)[O-])cc1.Cl. The molecule has 0 radical (unpaired) electrons. The molecule has 1 rings (SSSR count). The van der Waals surface area contributed by atoms with E-state index in [0.717, 1.165) is 5.56 Å². The number of amides is 1. The zero-order valence-electron chi connectivity index (χ0n) is 9.96. The summed E-state index contributed by atoms with van der Waals surface area (Å²) in [5.74, 6) is -0.202. The normalized spacial score (nSPS) is 11.2. The van der Waals surface area contributed by atoms with Crippen LogP contribution in [0.3, 0.4) is 0 Å². The number of nitrogens with one attached hydrogen (secondary N) is 1. The Morgan fingerprint density at radius 3 is 2.44 bits per heavy atom. The summed E-state index contributed by atoms with van der Waals surface area (Å²) in [5.41, 5.74) is 6.38. The third-order valence-corrected chi connectivity index (χ3v) is 2.27. The Morgan fingerprint density at radius 1 is 1.44 bits per heavy atom. The minimum Gasteiger partial charge on any atom is -0.354 e. The first-order valence-corrected chi connectivity index (χ1v) is 5.27. The fourth-order valence-corrected chi connectivity index (χ4v) is 1.28. The number of nitro groups is 1. The summed E-state index contributed by atoms with van der Waals surface area (Å²) in [7, 11) is 0. The molecule has 0 aliphatic rings. The molecule has 1 aromatic carbocycles. The van der Waals surface area contributed by atoms with Gasteiger partial charge >= 0.3 is 0 Å². The van der Waals surface area contributed by atoms with Gasteiger partial charge in [-0.1, -0.05) is 12.1 Å². The van der Waals surface area contributed by atoms with E-state index in [1.165, 1.54) is 12.1 Å². The number of nitro benzene ring substituents is 1. The number of benzene rings is 1. The second-order valence-corrected chi connectivity index (χ2v) is 3.75. The number of carbonyl (C=O) groups excluding carboxylic acids is 1. The zero-order valence-corrected chi connectivity index (χ0v) is 10.8. The van der Waals surface area contributed by atoms with Crippen LogP contribution < -0.4 is 11.1 Å². The molecule has 6 nitrogen and oxygen atoms in total. The summed E-state index contributed by atoms with van der Waals surface area (Å²) in [6, 6.07) is 5.73. The summed E-state index contributed by atoms with van der Waals surface area (Å²) in [6.07, 6.45) is 0.621. The van der Waals surface area contributed by atoms with Gasteiger partial charge in [-0.25, -0.2) is 0 Å². The maximum absolute atomic E-state index is 11.2. The lowest BCUT2D eigenvalue weighted by Crippen LogP contribution is -2.39. The first-order chi connectivity index (χ1) is 8.00. The lowest BCUT2D eigenvalue weighted by atomic mass is 10.1. The van der Waals surface area contributed by atoms with Crippen molar-refractivity contribution in [1.82, 2.24) is 5.32 Å². The molecule has 3 N–H and O–H groups in total. The van der Waals surface area contributed by atoms with Gasteiger partial charge in [-0.15, -0.1) is 12.4 Å². The second kappa shape index (κ2) is 7.62. The van der Waals surface area contributed by atoms with Gasteiger partial charge in [-0.2, -0.15) is 0 Å². The number of non-ortho nitro benzene ring substituents is 1. The van der Waals surface area contributed by atoms with Crippen LogP contribution >= 0.6 is 12.4 Å². The predicted molar refractivity (Wildman–Crippen MR) is 70.7 cm³/mol. The molecule has 0 aliphatic heterocycles. The Balaban J connectivity index is 0.00000289. The molecule has 0 aliphatic carbocycles. The number of hydrogen-bond acceptors (Lipinski definition) is 4. The van der Waals surface area contributed by atoms with E-state index in [4.69, 9.17) is 5.73 Å². The first kappa shape index (κ1) is 16.3. The average Bonchev–Trinajstić information content (AvgIpc) is 2.29. The van der Waals surface area contributed by atoms with Gasteiger partial charge in [0, 0.05) is 18.7 Å². The van der Waals surface area contributed by atoms with Crippen molar-refractivity contribution in [2.45, 2.75) is 19.4 Å². The number of halogens is 1. The van der Waals surface area contributed by atoms with Crippen LogP contribution in [0.4, 0.5) is 5.69 Å². The van der Waals surface area contributed by atoms with Crippen molar-refractivity contribution in [1.29, 1.82) is 0 Å². The largest absolute Gasteiger partial charge is 0.354 e. The van der Waals surface area contributed by atoms with Crippen molar-refractivity contribution >= 4 is 24.0 Å². The molecule has 0 saturated carbocycles. The molecular formula is C11H16ClN3O3. The molecule has 1 atom stereocenters. The Kier molecular flexibility index (Phi) is 6.92. The number of nitrogens with zero attached hydrogens (tertiary/aromatic N) is 1. The van der Waals surface area contributed by atoms with E-state index in [1.807, 2.05) is 0 Å². The van der Waals surface area contributed by atoms with Gasteiger partial charge in [0.2, 0.25) is 5.91 Å². The van der Waals surface area contributed by atoms with Gasteiger partial charge in [0.05, 0.1) is 11.0 Å². The fourth-order valence-electron chi connectivity index (χ4n) is 1.28. The predicted octanol–water partition coefficient (Wildman–Crippen LogP) is 1.02.